The van der Waals surface area contributed by atoms with Gasteiger partial charge in [0.25, 0.3) is 0 Å². The van der Waals surface area contributed by atoms with Gasteiger partial charge in [-0.15, -0.1) is 11.8 Å². The van der Waals surface area contributed by atoms with E-state index in [1.165, 1.54) is 16.7 Å². The summed E-state index contributed by atoms with van der Waals surface area (Å²) >= 11 is 1.30. The van der Waals surface area contributed by atoms with E-state index < -0.39 is 36.4 Å². The molecule has 122 valence electrons. The van der Waals surface area contributed by atoms with E-state index in [0.29, 0.717) is 4.90 Å². The van der Waals surface area contributed by atoms with E-state index in [2.05, 4.69) is 0 Å². The van der Waals surface area contributed by atoms with Gasteiger partial charge in [0.1, 0.15) is 18.2 Å². The molecule has 0 aromatic heterocycles. The molecule has 0 radical (unpaired) electrons. The summed E-state index contributed by atoms with van der Waals surface area (Å²) in [5.41, 5.74) is -0.726. The van der Waals surface area contributed by atoms with Crippen LogP contribution in [-0.2, 0) is 9.53 Å². The van der Waals surface area contributed by atoms with Gasteiger partial charge in [0.2, 0.25) is 5.91 Å². The quantitative estimate of drug-likeness (QED) is 0.781. The van der Waals surface area contributed by atoms with Crippen molar-refractivity contribution in [3.8, 4) is 0 Å². The van der Waals surface area contributed by atoms with Crippen LogP contribution >= 0.6 is 11.8 Å². The third-order valence-electron chi connectivity index (χ3n) is 2.59. The number of hydrogen-bond acceptors (Lipinski definition) is 4. The van der Waals surface area contributed by atoms with Gasteiger partial charge >= 0.3 is 12.3 Å². The first-order chi connectivity index (χ1) is 9.41. The Morgan fingerprint density at radius 3 is 2.38 bits per heavy atom. The molecular formula is C12H19F3N2O3S. The molecule has 21 heavy (non-hydrogen) atoms. The van der Waals surface area contributed by atoms with Crippen molar-refractivity contribution in [1.82, 2.24) is 9.80 Å². The highest BCUT2D eigenvalue weighted by Crippen LogP contribution is 2.25. The molecule has 0 N–H and O–H groups in total. The van der Waals surface area contributed by atoms with Crippen molar-refractivity contribution >= 4 is 23.8 Å². The van der Waals surface area contributed by atoms with Gasteiger partial charge in [0.05, 0.1) is 5.88 Å². The maximum Gasteiger partial charge on any atom is 0.411 e. The number of thioether (sulfide) groups is 1. The average molecular weight is 328 g/mol. The number of nitrogens with zero attached hydrogens (tertiary/aromatic N) is 2. The Bertz CT molecular complexity index is 410. The lowest BCUT2D eigenvalue weighted by Gasteiger charge is -2.29. The molecular weight excluding hydrogens is 309 g/mol. The molecule has 0 bridgehead atoms. The molecule has 1 heterocycles. The number of carbonyl (C=O) groups is 2. The first kappa shape index (κ1) is 17.9. The van der Waals surface area contributed by atoms with E-state index in [0.717, 1.165) is 7.05 Å². The SMILES string of the molecule is CN(CC(F)(F)F)C(=O)C1CSCN1C(=O)OC(C)(C)C. The smallest absolute Gasteiger partial charge is 0.411 e. The van der Waals surface area contributed by atoms with E-state index in [-0.39, 0.29) is 11.6 Å². The minimum Gasteiger partial charge on any atom is -0.444 e. The minimum atomic E-state index is -4.47. The predicted molar refractivity (Wildman–Crippen MR) is 72.9 cm³/mol. The van der Waals surface area contributed by atoms with Gasteiger partial charge in [0.15, 0.2) is 0 Å². The lowest BCUT2D eigenvalue weighted by atomic mass is 10.2. The van der Waals surface area contributed by atoms with Gasteiger partial charge in [-0.1, -0.05) is 0 Å². The summed E-state index contributed by atoms with van der Waals surface area (Å²) in [6, 6.07) is -0.919. The van der Waals surface area contributed by atoms with Crippen LogP contribution in [0.4, 0.5) is 18.0 Å². The van der Waals surface area contributed by atoms with Crippen LogP contribution in [0.3, 0.4) is 0 Å². The fourth-order valence-corrected chi connectivity index (χ4v) is 2.88. The number of carbonyl (C=O) groups excluding carboxylic acids is 2. The maximum atomic E-state index is 12.3. The Morgan fingerprint density at radius 2 is 1.90 bits per heavy atom. The Balaban J connectivity index is 2.72. The topological polar surface area (TPSA) is 49.9 Å². The Labute approximate surface area is 125 Å². The van der Waals surface area contributed by atoms with Crippen LogP contribution < -0.4 is 0 Å². The molecule has 1 aliphatic rings. The van der Waals surface area contributed by atoms with E-state index in [1.807, 2.05) is 0 Å². The van der Waals surface area contributed by atoms with Gasteiger partial charge in [-0.2, -0.15) is 13.2 Å². The summed E-state index contributed by atoms with van der Waals surface area (Å²) < 4.78 is 42.1. The van der Waals surface area contributed by atoms with E-state index in [9.17, 15) is 22.8 Å². The summed E-state index contributed by atoms with van der Waals surface area (Å²) in [4.78, 5) is 25.8. The van der Waals surface area contributed by atoms with E-state index in [1.54, 1.807) is 20.8 Å². The van der Waals surface area contributed by atoms with Crippen LogP contribution in [0.25, 0.3) is 0 Å². The van der Waals surface area contributed by atoms with Crippen molar-refractivity contribution in [2.45, 2.75) is 38.6 Å². The number of ether oxygens (including phenoxy) is 1. The molecule has 1 aliphatic heterocycles. The van der Waals surface area contributed by atoms with Crippen molar-refractivity contribution in [2.24, 2.45) is 0 Å². The number of likely N-dealkylation sites (N-methyl/N-ethyl adjacent to an activating group) is 1. The minimum absolute atomic E-state index is 0.227. The summed E-state index contributed by atoms with van der Waals surface area (Å²) in [6.45, 7) is 3.71. The molecule has 5 nitrogen and oxygen atoms in total. The van der Waals surface area contributed by atoms with Crippen LogP contribution in [0.2, 0.25) is 0 Å². The van der Waals surface area contributed by atoms with Gasteiger partial charge in [-0.25, -0.2) is 4.79 Å². The zero-order valence-corrected chi connectivity index (χ0v) is 13.2. The molecule has 0 aliphatic carbocycles. The largest absolute Gasteiger partial charge is 0.444 e. The maximum absolute atomic E-state index is 12.3. The third kappa shape index (κ3) is 5.64. The highest BCUT2D eigenvalue weighted by molar-refractivity contribution is 7.99. The summed E-state index contributed by atoms with van der Waals surface area (Å²) in [5.74, 6) is -0.242. The molecule has 1 saturated heterocycles. The van der Waals surface area contributed by atoms with E-state index >= 15 is 0 Å². The molecule has 0 saturated carbocycles. The molecule has 1 unspecified atom stereocenters. The lowest BCUT2D eigenvalue weighted by molar-refractivity contribution is -0.160. The van der Waals surface area contributed by atoms with E-state index in [4.69, 9.17) is 4.74 Å². The van der Waals surface area contributed by atoms with Crippen LogP contribution in [0.15, 0.2) is 0 Å². The van der Waals surface area contributed by atoms with Crippen LogP contribution in [-0.4, -0.2) is 64.8 Å². The second kappa shape index (κ2) is 6.33. The van der Waals surface area contributed by atoms with Gasteiger partial charge in [0, 0.05) is 12.8 Å². The third-order valence-corrected chi connectivity index (χ3v) is 3.60. The summed E-state index contributed by atoms with van der Waals surface area (Å²) in [7, 11) is 1.08. The number of hydrogen-bond donors (Lipinski definition) is 0. The fraction of sp³-hybridized carbons (Fsp3) is 0.833. The molecule has 1 rings (SSSR count). The standard InChI is InChI=1S/C12H19F3N2O3S/c1-11(2,3)20-10(19)17-7-21-5-8(17)9(18)16(4)6-12(13,14)15/h8H,5-7H2,1-4H3. The highest BCUT2D eigenvalue weighted by atomic mass is 32.2. The first-order valence-corrected chi connectivity index (χ1v) is 7.45. The molecule has 2 amide bonds. The predicted octanol–water partition coefficient (Wildman–Crippen LogP) is 2.32. The molecule has 9 heteroatoms. The fourth-order valence-electron chi connectivity index (χ4n) is 1.75. The molecule has 0 aromatic rings. The van der Waals surface area contributed by atoms with Crippen molar-refractivity contribution in [1.29, 1.82) is 0 Å². The van der Waals surface area contributed by atoms with Crippen molar-refractivity contribution in [3.05, 3.63) is 0 Å². The second-order valence-corrected chi connectivity index (χ2v) is 6.78. The monoisotopic (exact) mass is 328 g/mol. The Hall–Kier alpha value is -1.12. The number of alkyl halides is 3. The Morgan fingerprint density at radius 1 is 1.33 bits per heavy atom. The second-order valence-electron chi connectivity index (χ2n) is 5.78. The normalized spacial score (nSPS) is 19.6. The summed E-state index contributed by atoms with van der Waals surface area (Å²) in [6.07, 6.45) is -5.15. The first-order valence-electron chi connectivity index (χ1n) is 6.30. The summed E-state index contributed by atoms with van der Waals surface area (Å²) in [5, 5.41) is 0. The van der Waals surface area contributed by atoms with Crippen LogP contribution in [0, 0.1) is 0 Å². The van der Waals surface area contributed by atoms with Crippen LogP contribution in [0.5, 0.6) is 0 Å². The number of amides is 2. The zero-order valence-electron chi connectivity index (χ0n) is 12.4. The molecule has 1 atom stereocenters. The van der Waals surface area contributed by atoms with Gasteiger partial charge in [-0.3, -0.25) is 9.69 Å². The lowest BCUT2D eigenvalue weighted by Crippen LogP contribution is -2.50. The van der Waals surface area contributed by atoms with Crippen molar-refractivity contribution in [3.63, 3.8) is 0 Å². The zero-order chi connectivity index (χ0) is 16.4. The van der Waals surface area contributed by atoms with Crippen LogP contribution in [0.1, 0.15) is 20.8 Å². The van der Waals surface area contributed by atoms with Gasteiger partial charge in [-0.05, 0) is 20.8 Å². The molecule has 1 fully saturated rings. The molecule has 0 spiro atoms. The van der Waals surface area contributed by atoms with Gasteiger partial charge < -0.3 is 9.64 Å². The number of rotatable bonds is 2. The average Bonchev–Trinajstić information content (AvgIpc) is 2.71. The number of halogens is 3. The van der Waals surface area contributed by atoms with Crippen molar-refractivity contribution in [2.75, 3.05) is 25.2 Å². The van der Waals surface area contributed by atoms with Crippen molar-refractivity contribution < 1.29 is 27.5 Å². The Kier molecular flexibility index (Phi) is 5.40. The molecule has 0 aromatic carbocycles. The highest BCUT2D eigenvalue weighted by Gasteiger charge is 2.40.